The highest BCUT2D eigenvalue weighted by atomic mass is 35.5. The molecule has 3 nitrogen and oxygen atoms in total. The molecule has 2 fully saturated rings. The zero-order valence-corrected chi connectivity index (χ0v) is 11.0. The predicted molar refractivity (Wildman–Crippen MR) is 67.6 cm³/mol. The Morgan fingerprint density at radius 3 is 2.25 bits per heavy atom. The molecule has 2 aliphatic rings. The first-order valence-corrected chi connectivity index (χ1v) is 6.17. The molecule has 2 rings (SSSR count). The van der Waals surface area contributed by atoms with Crippen LogP contribution in [0.15, 0.2) is 0 Å². The van der Waals surface area contributed by atoms with Crippen LogP contribution in [0.4, 0.5) is 0 Å². The SMILES string of the molecule is CC(C)N(C(=O)C1CCC(N)C1)C1CC1.Cl. The van der Waals surface area contributed by atoms with Crippen LogP contribution in [-0.2, 0) is 4.79 Å². The molecule has 2 N–H and O–H groups in total. The molecular weight excluding hydrogens is 224 g/mol. The summed E-state index contributed by atoms with van der Waals surface area (Å²) in [6.07, 6.45) is 5.31. The first-order chi connectivity index (χ1) is 7.09. The summed E-state index contributed by atoms with van der Waals surface area (Å²) in [7, 11) is 0. The molecule has 2 unspecified atom stereocenters. The van der Waals surface area contributed by atoms with Crippen molar-refractivity contribution in [1.29, 1.82) is 0 Å². The van der Waals surface area contributed by atoms with E-state index in [1.807, 2.05) is 0 Å². The van der Waals surface area contributed by atoms with Crippen molar-refractivity contribution in [2.75, 3.05) is 0 Å². The fraction of sp³-hybridized carbons (Fsp3) is 0.917. The van der Waals surface area contributed by atoms with Crippen molar-refractivity contribution in [3.05, 3.63) is 0 Å². The number of rotatable bonds is 3. The molecule has 2 saturated carbocycles. The molecular formula is C12H23ClN2O. The lowest BCUT2D eigenvalue weighted by Gasteiger charge is -2.29. The van der Waals surface area contributed by atoms with Crippen molar-refractivity contribution >= 4 is 18.3 Å². The Morgan fingerprint density at radius 1 is 1.25 bits per heavy atom. The van der Waals surface area contributed by atoms with Crippen molar-refractivity contribution in [2.24, 2.45) is 11.7 Å². The van der Waals surface area contributed by atoms with Gasteiger partial charge in [0.2, 0.25) is 5.91 Å². The quantitative estimate of drug-likeness (QED) is 0.827. The van der Waals surface area contributed by atoms with Gasteiger partial charge in [0.25, 0.3) is 0 Å². The summed E-state index contributed by atoms with van der Waals surface area (Å²) in [4.78, 5) is 14.4. The van der Waals surface area contributed by atoms with Gasteiger partial charge in [0.1, 0.15) is 0 Å². The lowest BCUT2D eigenvalue weighted by molar-refractivity contribution is -0.137. The van der Waals surface area contributed by atoms with Gasteiger partial charge in [-0.25, -0.2) is 0 Å². The minimum absolute atomic E-state index is 0. The van der Waals surface area contributed by atoms with Gasteiger partial charge in [-0.1, -0.05) is 0 Å². The first kappa shape index (κ1) is 13.8. The smallest absolute Gasteiger partial charge is 0.226 e. The molecule has 0 bridgehead atoms. The van der Waals surface area contributed by atoms with Crippen LogP contribution < -0.4 is 5.73 Å². The molecule has 16 heavy (non-hydrogen) atoms. The Bertz CT molecular complexity index is 251. The van der Waals surface area contributed by atoms with Gasteiger partial charge in [-0.05, 0) is 46.0 Å². The van der Waals surface area contributed by atoms with Gasteiger partial charge in [0.05, 0.1) is 0 Å². The van der Waals surface area contributed by atoms with Crippen molar-refractivity contribution in [2.45, 2.75) is 64.1 Å². The van der Waals surface area contributed by atoms with E-state index in [1.165, 1.54) is 12.8 Å². The molecule has 0 aromatic rings. The maximum Gasteiger partial charge on any atom is 0.226 e. The number of amides is 1. The summed E-state index contributed by atoms with van der Waals surface area (Å²) < 4.78 is 0. The van der Waals surface area contributed by atoms with E-state index in [0.29, 0.717) is 18.0 Å². The summed E-state index contributed by atoms with van der Waals surface area (Å²) in [5.74, 6) is 0.573. The molecule has 0 aromatic carbocycles. The summed E-state index contributed by atoms with van der Waals surface area (Å²) in [6, 6.07) is 1.14. The molecule has 4 heteroatoms. The standard InChI is InChI=1S/C12H22N2O.ClH/c1-8(2)14(11-5-6-11)12(15)9-3-4-10(13)7-9;/h8-11H,3-7,13H2,1-2H3;1H. The van der Waals surface area contributed by atoms with Crippen molar-refractivity contribution in [3.63, 3.8) is 0 Å². The number of nitrogens with zero attached hydrogens (tertiary/aromatic N) is 1. The Hall–Kier alpha value is -0.280. The molecule has 2 aliphatic carbocycles. The van der Waals surface area contributed by atoms with Crippen LogP contribution in [0.3, 0.4) is 0 Å². The number of carbonyl (C=O) groups excluding carboxylic acids is 1. The molecule has 0 aromatic heterocycles. The monoisotopic (exact) mass is 246 g/mol. The van der Waals surface area contributed by atoms with Gasteiger partial charge >= 0.3 is 0 Å². The van der Waals surface area contributed by atoms with Crippen LogP contribution in [0.5, 0.6) is 0 Å². The Morgan fingerprint density at radius 2 is 1.88 bits per heavy atom. The van der Waals surface area contributed by atoms with E-state index in [2.05, 4.69) is 18.7 Å². The number of hydrogen-bond donors (Lipinski definition) is 1. The second-order valence-electron chi connectivity index (χ2n) is 5.34. The van der Waals surface area contributed by atoms with Crippen LogP contribution in [0, 0.1) is 5.92 Å². The molecule has 0 heterocycles. The predicted octanol–water partition coefficient (Wildman–Crippen LogP) is 1.94. The third-order valence-corrected chi connectivity index (χ3v) is 3.57. The number of carbonyl (C=O) groups is 1. The Labute approximate surface area is 104 Å². The van der Waals surface area contributed by atoms with Crippen LogP contribution in [-0.4, -0.2) is 28.9 Å². The van der Waals surface area contributed by atoms with Gasteiger partial charge in [0.15, 0.2) is 0 Å². The molecule has 0 radical (unpaired) electrons. The first-order valence-electron chi connectivity index (χ1n) is 6.17. The van der Waals surface area contributed by atoms with E-state index in [9.17, 15) is 4.79 Å². The van der Waals surface area contributed by atoms with Crippen LogP contribution in [0.2, 0.25) is 0 Å². The van der Waals surface area contributed by atoms with Crippen molar-refractivity contribution in [3.8, 4) is 0 Å². The number of nitrogens with two attached hydrogens (primary N) is 1. The normalized spacial score (nSPS) is 29.0. The van der Waals surface area contributed by atoms with Gasteiger partial charge in [-0.3, -0.25) is 4.79 Å². The zero-order chi connectivity index (χ0) is 11.0. The zero-order valence-electron chi connectivity index (χ0n) is 10.2. The molecule has 1 amide bonds. The number of hydrogen-bond acceptors (Lipinski definition) is 2. The van der Waals surface area contributed by atoms with Gasteiger partial charge < -0.3 is 10.6 Å². The van der Waals surface area contributed by atoms with Crippen molar-refractivity contribution < 1.29 is 4.79 Å². The summed E-state index contributed by atoms with van der Waals surface area (Å²) in [6.45, 7) is 4.23. The van der Waals surface area contributed by atoms with Crippen LogP contribution >= 0.6 is 12.4 Å². The third-order valence-electron chi connectivity index (χ3n) is 3.57. The van der Waals surface area contributed by atoms with Gasteiger partial charge in [-0.2, -0.15) is 0 Å². The minimum Gasteiger partial charge on any atom is -0.337 e. The van der Waals surface area contributed by atoms with E-state index in [-0.39, 0.29) is 24.4 Å². The lowest BCUT2D eigenvalue weighted by Crippen LogP contribution is -2.42. The minimum atomic E-state index is 0. The average Bonchev–Trinajstić information content (AvgIpc) is 2.87. The van der Waals surface area contributed by atoms with E-state index >= 15 is 0 Å². The fourth-order valence-corrected chi connectivity index (χ4v) is 2.66. The van der Waals surface area contributed by atoms with E-state index in [0.717, 1.165) is 19.3 Å². The topological polar surface area (TPSA) is 46.3 Å². The van der Waals surface area contributed by atoms with Crippen LogP contribution in [0.25, 0.3) is 0 Å². The third kappa shape index (κ3) is 2.89. The lowest BCUT2D eigenvalue weighted by atomic mass is 10.1. The fourth-order valence-electron chi connectivity index (χ4n) is 2.66. The van der Waals surface area contributed by atoms with Crippen molar-refractivity contribution in [1.82, 2.24) is 4.90 Å². The molecule has 0 spiro atoms. The highest BCUT2D eigenvalue weighted by Gasteiger charge is 2.39. The highest BCUT2D eigenvalue weighted by molar-refractivity contribution is 5.85. The Kier molecular flexibility index (Phi) is 4.62. The summed E-state index contributed by atoms with van der Waals surface area (Å²) in [5, 5.41) is 0. The highest BCUT2D eigenvalue weighted by Crippen LogP contribution is 2.33. The number of halogens is 1. The molecule has 0 saturated heterocycles. The summed E-state index contributed by atoms with van der Waals surface area (Å²) >= 11 is 0. The largest absolute Gasteiger partial charge is 0.337 e. The van der Waals surface area contributed by atoms with E-state index < -0.39 is 0 Å². The molecule has 0 aliphatic heterocycles. The molecule has 94 valence electrons. The van der Waals surface area contributed by atoms with E-state index in [1.54, 1.807) is 0 Å². The van der Waals surface area contributed by atoms with Crippen LogP contribution in [0.1, 0.15) is 46.0 Å². The summed E-state index contributed by atoms with van der Waals surface area (Å²) in [5.41, 5.74) is 5.86. The van der Waals surface area contributed by atoms with Gasteiger partial charge in [-0.15, -0.1) is 12.4 Å². The van der Waals surface area contributed by atoms with E-state index in [4.69, 9.17) is 5.73 Å². The Balaban J connectivity index is 0.00000128. The van der Waals surface area contributed by atoms with Gasteiger partial charge in [0, 0.05) is 24.0 Å². The molecule has 2 atom stereocenters. The average molecular weight is 247 g/mol. The maximum atomic E-state index is 12.3. The second-order valence-corrected chi connectivity index (χ2v) is 5.34. The maximum absolute atomic E-state index is 12.3. The second kappa shape index (κ2) is 5.37.